The molecule has 0 fully saturated rings. The van der Waals surface area contributed by atoms with Gasteiger partial charge in [0.1, 0.15) is 0 Å². The Morgan fingerprint density at radius 3 is 2.11 bits per heavy atom. The molecular weight excluding hydrogens is 360 g/mol. The third kappa shape index (κ3) is 29.8. The first kappa shape index (κ1) is 29.3. The smallest absolute Gasteiger partial charge is 0.303 e. The highest BCUT2D eigenvalue weighted by Crippen LogP contribution is 2.10. The highest BCUT2D eigenvalue weighted by molar-refractivity contribution is 5.66. The molecule has 0 aromatic heterocycles. The van der Waals surface area contributed by atoms with E-state index in [1.54, 1.807) is 0 Å². The molecule has 0 amide bonds. The maximum Gasteiger partial charge on any atom is 0.303 e. The summed E-state index contributed by atoms with van der Waals surface area (Å²) in [4.78, 5) is 10.3. The Labute approximate surface area is 171 Å². The molecule has 28 heavy (non-hydrogen) atoms. The van der Waals surface area contributed by atoms with Crippen LogP contribution in [0.3, 0.4) is 0 Å². The van der Waals surface area contributed by atoms with Crippen molar-refractivity contribution in [3.8, 4) is 0 Å². The Hall–Kier alpha value is -0.950. The van der Waals surface area contributed by atoms with Crippen LogP contribution < -0.4 is 0 Å². The Kier molecular flexibility index (Phi) is 27.2. The number of aliphatic hydroxyl groups excluding tert-OH is 3. The molecule has 0 radical (unpaired) electrons. The SMILES string of the molecule is CCCCCC[C@@H](O)C/C=C\CCCCCCCC(=O)O.OCCOCCO. The molecule has 0 saturated carbocycles. The van der Waals surface area contributed by atoms with E-state index < -0.39 is 5.97 Å². The summed E-state index contributed by atoms with van der Waals surface area (Å²) in [7, 11) is 0. The van der Waals surface area contributed by atoms with Crippen LogP contribution in [0, 0.1) is 0 Å². The van der Waals surface area contributed by atoms with Crippen LogP contribution in [0.25, 0.3) is 0 Å². The number of unbranched alkanes of at least 4 members (excludes halogenated alkanes) is 8. The van der Waals surface area contributed by atoms with Crippen molar-refractivity contribution in [2.75, 3.05) is 26.4 Å². The molecule has 0 heterocycles. The second kappa shape index (κ2) is 26.1. The number of hydrogen-bond acceptors (Lipinski definition) is 5. The summed E-state index contributed by atoms with van der Waals surface area (Å²) in [5.74, 6) is -0.689. The number of rotatable bonds is 19. The molecule has 0 spiro atoms. The van der Waals surface area contributed by atoms with Gasteiger partial charge < -0.3 is 25.2 Å². The van der Waals surface area contributed by atoms with Crippen molar-refractivity contribution in [3.05, 3.63) is 12.2 Å². The molecule has 0 saturated heterocycles. The maximum atomic E-state index is 10.3. The summed E-state index contributed by atoms with van der Waals surface area (Å²) in [6.45, 7) is 2.90. The molecule has 0 aromatic carbocycles. The van der Waals surface area contributed by atoms with Crippen LogP contribution in [0.5, 0.6) is 0 Å². The fourth-order valence-corrected chi connectivity index (χ4v) is 2.60. The van der Waals surface area contributed by atoms with E-state index in [2.05, 4.69) is 23.8 Å². The summed E-state index contributed by atoms with van der Waals surface area (Å²) < 4.78 is 4.63. The Morgan fingerprint density at radius 2 is 1.50 bits per heavy atom. The molecule has 0 aliphatic rings. The Morgan fingerprint density at radius 1 is 0.893 bits per heavy atom. The molecule has 0 rings (SSSR count). The van der Waals surface area contributed by atoms with Crippen LogP contribution >= 0.6 is 0 Å². The zero-order valence-electron chi connectivity index (χ0n) is 17.9. The number of carboxylic acid groups (broad SMARTS) is 1. The topological polar surface area (TPSA) is 107 Å². The van der Waals surface area contributed by atoms with E-state index in [0.717, 1.165) is 51.4 Å². The van der Waals surface area contributed by atoms with Gasteiger partial charge in [-0.25, -0.2) is 0 Å². The first-order chi connectivity index (χ1) is 13.6. The van der Waals surface area contributed by atoms with Gasteiger partial charge in [-0.2, -0.15) is 0 Å². The van der Waals surface area contributed by atoms with E-state index in [-0.39, 0.29) is 19.3 Å². The summed E-state index contributed by atoms with van der Waals surface area (Å²) in [5.41, 5.74) is 0. The molecule has 0 aliphatic heterocycles. The van der Waals surface area contributed by atoms with Gasteiger partial charge in [-0.05, 0) is 32.1 Å². The van der Waals surface area contributed by atoms with Crippen LogP contribution in [0.15, 0.2) is 12.2 Å². The van der Waals surface area contributed by atoms with Crippen molar-refractivity contribution >= 4 is 5.97 Å². The first-order valence-electron chi connectivity index (χ1n) is 10.9. The van der Waals surface area contributed by atoms with Crippen molar-refractivity contribution in [2.45, 2.75) is 96.5 Å². The van der Waals surface area contributed by atoms with Gasteiger partial charge in [0.2, 0.25) is 0 Å². The van der Waals surface area contributed by atoms with Gasteiger partial charge in [-0.1, -0.05) is 64.0 Å². The van der Waals surface area contributed by atoms with E-state index in [9.17, 15) is 9.90 Å². The molecule has 6 heteroatoms. The molecule has 0 aromatic rings. The molecule has 0 unspecified atom stereocenters. The summed E-state index contributed by atoms with van der Waals surface area (Å²) in [6, 6.07) is 0. The minimum atomic E-state index is -0.689. The summed E-state index contributed by atoms with van der Waals surface area (Å²) in [6.07, 6.45) is 17.4. The van der Waals surface area contributed by atoms with Gasteiger partial charge >= 0.3 is 5.97 Å². The zero-order chi connectivity index (χ0) is 21.3. The largest absolute Gasteiger partial charge is 0.481 e. The molecule has 6 nitrogen and oxygen atoms in total. The number of carbonyl (C=O) groups is 1. The van der Waals surface area contributed by atoms with Crippen LogP contribution in [0.4, 0.5) is 0 Å². The minimum Gasteiger partial charge on any atom is -0.481 e. The van der Waals surface area contributed by atoms with Crippen molar-refractivity contribution in [1.29, 1.82) is 0 Å². The second-order valence-electron chi connectivity index (χ2n) is 6.97. The van der Waals surface area contributed by atoms with E-state index >= 15 is 0 Å². The monoisotopic (exact) mass is 404 g/mol. The van der Waals surface area contributed by atoms with Crippen molar-refractivity contribution in [2.24, 2.45) is 0 Å². The van der Waals surface area contributed by atoms with Gasteiger partial charge in [-0.3, -0.25) is 4.79 Å². The Balaban J connectivity index is 0. The van der Waals surface area contributed by atoms with Crippen LogP contribution in [-0.2, 0) is 9.53 Å². The molecule has 1 atom stereocenters. The fourth-order valence-electron chi connectivity index (χ4n) is 2.60. The third-order valence-corrected chi connectivity index (χ3v) is 4.20. The summed E-state index contributed by atoms with van der Waals surface area (Å²) in [5, 5.41) is 34.5. The summed E-state index contributed by atoms with van der Waals surface area (Å²) >= 11 is 0. The quantitative estimate of drug-likeness (QED) is 0.191. The predicted octanol–water partition coefficient (Wildman–Crippen LogP) is 4.07. The Bertz CT molecular complexity index is 329. The van der Waals surface area contributed by atoms with Crippen LogP contribution in [0.2, 0.25) is 0 Å². The van der Waals surface area contributed by atoms with E-state index in [4.69, 9.17) is 15.3 Å². The van der Waals surface area contributed by atoms with Gasteiger partial charge in [0.15, 0.2) is 0 Å². The lowest BCUT2D eigenvalue weighted by atomic mass is 10.1. The van der Waals surface area contributed by atoms with Gasteiger partial charge in [0.05, 0.1) is 32.5 Å². The maximum absolute atomic E-state index is 10.3. The van der Waals surface area contributed by atoms with Crippen molar-refractivity contribution < 1.29 is 30.0 Å². The molecule has 0 bridgehead atoms. The lowest BCUT2D eigenvalue weighted by Crippen LogP contribution is -2.04. The standard InChI is InChI=1S/C18H34O3.C4H10O3/c1-2-3-4-11-14-17(19)15-12-9-7-5-6-8-10-13-16-18(20)21;5-1-3-7-4-2-6/h9,12,17,19H,2-8,10-11,13-16H2,1H3,(H,20,21);5-6H,1-4H2/b12-9-;/t17-;/m1./s1. The fraction of sp³-hybridized carbons (Fsp3) is 0.864. The second-order valence-corrected chi connectivity index (χ2v) is 6.97. The predicted molar refractivity (Wildman–Crippen MR) is 113 cm³/mol. The molecular formula is C22H44O6. The lowest BCUT2D eigenvalue weighted by molar-refractivity contribution is -0.137. The van der Waals surface area contributed by atoms with Crippen molar-refractivity contribution in [1.82, 2.24) is 0 Å². The minimum absolute atomic E-state index is 0.0278. The third-order valence-electron chi connectivity index (χ3n) is 4.20. The highest BCUT2D eigenvalue weighted by atomic mass is 16.5. The molecule has 168 valence electrons. The zero-order valence-corrected chi connectivity index (χ0v) is 17.9. The van der Waals surface area contributed by atoms with E-state index in [0.29, 0.717) is 19.6 Å². The number of aliphatic hydroxyl groups is 3. The van der Waals surface area contributed by atoms with Gasteiger partial charge in [0.25, 0.3) is 0 Å². The number of allylic oxidation sites excluding steroid dienone is 1. The van der Waals surface area contributed by atoms with E-state index in [1.165, 1.54) is 25.7 Å². The highest BCUT2D eigenvalue weighted by Gasteiger charge is 2.00. The van der Waals surface area contributed by atoms with Gasteiger partial charge in [-0.15, -0.1) is 0 Å². The van der Waals surface area contributed by atoms with Crippen LogP contribution in [0.1, 0.15) is 90.4 Å². The number of aliphatic carboxylic acids is 1. The van der Waals surface area contributed by atoms with E-state index in [1.807, 2.05) is 0 Å². The first-order valence-corrected chi connectivity index (χ1v) is 10.9. The number of ether oxygens (including phenoxy) is 1. The molecule has 4 N–H and O–H groups in total. The average molecular weight is 405 g/mol. The molecule has 0 aliphatic carbocycles. The van der Waals surface area contributed by atoms with Crippen molar-refractivity contribution in [3.63, 3.8) is 0 Å². The number of hydrogen-bond donors (Lipinski definition) is 4. The lowest BCUT2D eigenvalue weighted by Gasteiger charge is -2.07. The normalized spacial score (nSPS) is 12.0. The van der Waals surface area contributed by atoms with Gasteiger partial charge in [0, 0.05) is 6.42 Å². The number of carboxylic acids is 1. The van der Waals surface area contributed by atoms with Crippen LogP contribution in [-0.4, -0.2) is 58.9 Å². The average Bonchev–Trinajstić information content (AvgIpc) is 2.67.